The molecule has 7 heteroatoms. The highest BCUT2D eigenvalue weighted by molar-refractivity contribution is 7.89. The molecule has 0 heterocycles. The molecular weight excluding hydrogens is 319 g/mol. The molecule has 0 amide bonds. The van der Waals surface area contributed by atoms with Gasteiger partial charge in [0.15, 0.2) is 0 Å². The van der Waals surface area contributed by atoms with Gasteiger partial charge in [0.25, 0.3) is 0 Å². The first-order chi connectivity index (χ1) is 9.35. The minimum Gasteiger partial charge on any atom is -0.313 e. The van der Waals surface area contributed by atoms with Crippen molar-refractivity contribution in [3.8, 4) is 0 Å². The average molecular weight is 337 g/mol. The third kappa shape index (κ3) is 3.65. The monoisotopic (exact) mass is 336 g/mol. The van der Waals surface area contributed by atoms with Crippen LogP contribution in [-0.2, 0) is 16.6 Å². The van der Waals surface area contributed by atoms with E-state index in [0.29, 0.717) is 23.0 Å². The molecule has 1 aromatic carbocycles. The van der Waals surface area contributed by atoms with Gasteiger partial charge in [0.05, 0.1) is 5.02 Å². The molecule has 2 unspecified atom stereocenters. The Balaban J connectivity index is 2.32. The fraction of sp³-hybridized carbons (Fsp3) is 0.538. The Morgan fingerprint density at radius 2 is 2.00 bits per heavy atom. The summed E-state index contributed by atoms with van der Waals surface area (Å²) in [6.07, 6.45) is 0.863. The molecule has 0 aromatic heterocycles. The van der Waals surface area contributed by atoms with Crippen molar-refractivity contribution in [2.24, 2.45) is 5.92 Å². The highest BCUT2D eigenvalue weighted by Crippen LogP contribution is 2.34. The van der Waals surface area contributed by atoms with E-state index in [1.807, 2.05) is 13.8 Å². The van der Waals surface area contributed by atoms with Gasteiger partial charge in [-0.25, -0.2) is 13.1 Å². The van der Waals surface area contributed by atoms with Crippen molar-refractivity contribution >= 4 is 33.2 Å². The van der Waals surface area contributed by atoms with Crippen LogP contribution in [0.3, 0.4) is 0 Å². The second kappa shape index (κ2) is 6.20. The maximum Gasteiger partial charge on any atom is 0.242 e. The van der Waals surface area contributed by atoms with Gasteiger partial charge in [0, 0.05) is 17.6 Å². The largest absolute Gasteiger partial charge is 0.313 e. The highest BCUT2D eigenvalue weighted by Gasteiger charge is 2.37. The fourth-order valence-electron chi connectivity index (χ4n) is 1.95. The summed E-state index contributed by atoms with van der Waals surface area (Å²) in [6, 6.07) is 3.09. The first-order valence-corrected chi connectivity index (χ1v) is 8.80. The van der Waals surface area contributed by atoms with E-state index < -0.39 is 10.0 Å². The zero-order valence-electron chi connectivity index (χ0n) is 11.4. The van der Waals surface area contributed by atoms with Crippen molar-refractivity contribution in [2.75, 3.05) is 6.54 Å². The second-order valence-corrected chi connectivity index (χ2v) is 7.59. The molecule has 4 nitrogen and oxygen atoms in total. The van der Waals surface area contributed by atoms with Crippen molar-refractivity contribution < 1.29 is 8.42 Å². The number of sulfonamides is 1. The van der Waals surface area contributed by atoms with Gasteiger partial charge in [-0.1, -0.05) is 37.0 Å². The van der Waals surface area contributed by atoms with E-state index in [9.17, 15) is 8.42 Å². The molecule has 20 heavy (non-hydrogen) atoms. The molecular formula is C13H18Cl2N2O2S. The molecule has 1 aliphatic rings. The average Bonchev–Trinajstić information content (AvgIpc) is 3.04. The SMILES string of the molecule is CCNCc1cc(Cl)cc(S(=O)(=O)NC2CC2C)c1Cl. The third-order valence-corrected chi connectivity index (χ3v) is 5.64. The Kier molecular flexibility index (Phi) is 4.97. The van der Waals surface area contributed by atoms with Crippen LogP contribution in [0.25, 0.3) is 0 Å². The Morgan fingerprint density at radius 1 is 1.35 bits per heavy atom. The second-order valence-electron chi connectivity index (χ2n) is 5.10. The van der Waals surface area contributed by atoms with Crippen LogP contribution < -0.4 is 10.0 Å². The zero-order chi connectivity index (χ0) is 14.9. The van der Waals surface area contributed by atoms with Crippen molar-refractivity contribution in [2.45, 2.75) is 37.8 Å². The maximum absolute atomic E-state index is 12.4. The van der Waals surface area contributed by atoms with Gasteiger partial charge < -0.3 is 5.32 Å². The minimum atomic E-state index is -3.62. The summed E-state index contributed by atoms with van der Waals surface area (Å²) in [5, 5.41) is 3.71. The molecule has 2 atom stereocenters. The van der Waals surface area contributed by atoms with Crippen LogP contribution in [0.5, 0.6) is 0 Å². The fourth-order valence-corrected chi connectivity index (χ4v) is 4.24. The molecule has 1 aromatic rings. The number of hydrogen-bond acceptors (Lipinski definition) is 3. The molecule has 1 aliphatic carbocycles. The van der Waals surface area contributed by atoms with Crippen LogP contribution >= 0.6 is 23.2 Å². The molecule has 112 valence electrons. The first-order valence-electron chi connectivity index (χ1n) is 6.56. The number of hydrogen-bond donors (Lipinski definition) is 2. The van der Waals surface area contributed by atoms with Crippen LogP contribution in [-0.4, -0.2) is 21.0 Å². The Morgan fingerprint density at radius 3 is 2.55 bits per heavy atom. The number of rotatable bonds is 6. The van der Waals surface area contributed by atoms with Gasteiger partial charge in [0.2, 0.25) is 10.0 Å². The zero-order valence-corrected chi connectivity index (χ0v) is 13.7. The predicted molar refractivity (Wildman–Crippen MR) is 81.7 cm³/mol. The van der Waals surface area contributed by atoms with Crippen LogP contribution in [0.4, 0.5) is 0 Å². The lowest BCUT2D eigenvalue weighted by Gasteiger charge is -2.12. The van der Waals surface area contributed by atoms with Crippen molar-refractivity contribution in [3.05, 3.63) is 27.7 Å². The lowest BCUT2D eigenvalue weighted by molar-refractivity contribution is 0.578. The van der Waals surface area contributed by atoms with Gasteiger partial charge in [-0.15, -0.1) is 0 Å². The molecule has 2 N–H and O–H groups in total. The molecule has 0 saturated heterocycles. The van der Waals surface area contributed by atoms with Crippen LogP contribution in [0, 0.1) is 5.92 Å². The molecule has 2 rings (SSSR count). The molecule has 1 fully saturated rings. The van der Waals surface area contributed by atoms with Crippen molar-refractivity contribution in [3.63, 3.8) is 0 Å². The van der Waals surface area contributed by atoms with Crippen LogP contribution in [0.2, 0.25) is 10.0 Å². The van der Waals surface area contributed by atoms with Crippen LogP contribution in [0.15, 0.2) is 17.0 Å². The molecule has 0 spiro atoms. The summed E-state index contributed by atoms with van der Waals surface area (Å²) in [5.41, 5.74) is 0.685. The van der Waals surface area contributed by atoms with E-state index in [2.05, 4.69) is 10.0 Å². The Bertz CT molecular complexity index is 605. The third-order valence-electron chi connectivity index (χ3n) is 3.35. The highest BCUT2D eigenvalue weighted by atomic mass is 35.5. The van der Waals surface area contributed by atoms with E-state index >= 15 is 0 Å². The topological polar surface area (TPSA) is 58.2 Å². The smallest absolute Gasteiger partial charge is 0.242 e. The molecule has 0 radical (unpaired) electrons. The summed E-state index contributed by atoms with van der Waals surface area (Å²) in [7, 11) is -3.62. The number of benzene rings is 1. The number of nitrogens with one attached hydrogen (secondary N) is 2. The first kappa shape index (κ1) is 16.0. The van der Waals surface area contributed by atoms with Gasteiger partial charge in [0.1, 0.15) is 4.90 Å². The summed E-state index contributed by atoms with van der Waals surface area (Å²) in [4.78, 5) is 0.0543. The van der Waals surface area contributed by atoms with Gasteiger partial charge in [-0.2, -0.15) is 0 Å². The van der Waals surface area contributed by atoms with Gasteiger partial charge in [-0.3, -0.25) is 0 Å². The molecule has 0 bridgehead atoms. The van der Waals surface area contributed by atoms with E-state index in [1.165, 1.54) is 6.07 Å². The Labute approximate surface area is 129 Å². The standard InChI is InChI=1S/C13H18Cl2N2O2S/c1-3-16-7-9-5-10(14)6-12(13(9)15)20(18,19)17-11-4-8(11)2/h5-6,8,11,16-17H,3-4,7H2,1-2H3. The summed E-state index contributed by atoms with van der Waals surface area (Å²) in [6.45, 7) is 5.22. The van der Waals surface area contributed by atoms with Gasteiger partial charge in [-0.05, 0) is 36.6 Å². The summed E-state index contributed by atoms with van der Waals surface area (Å²) in [5.74, 6) is 0.379. The summed E-state index contributed by atoms with van der Waals surface area (Å²) < 4.78 is 27.4. The van der Waals surface area contributed by atoms with Crippen molar-refractivity contribution in [1.82, 2.24) is 10.0 Å². The molecule has 1 saturated carbocycles. The summed E-state index contributed by atoms with van der Waals surface area (Å²) >= 11 is 12.2. The maximum atomic E-state index is 12.4. The lowest BCUT2D eigenvalue weighted by Crippen LogP contribution is -2.27. The lowest BCUT2D eigenvalue weighted by atomic mass is 10.2. The van der Waals surface area contributed by atoms with Crippen LogP contribution in [0.1, 0.15) is 25.8 Å². The van der Waals surface area contributed by atoms with Gasteiger partial charge >= 0.3 is 0 Å². The quantitative estimate of drug-likeness (QED) is 0.839. The molecule has 0 aliphatic heterocycles. The predicted octanol–water partition coefficient (Wildman–Crippen LogP) is 2.79. The van der Waals surface area contributed by atoms with E-state index in [0.717, 1.165) is 13.0 Å². The minimum absolute atomic E-state index is 0.00673. The van der Waals surface area contributed by atoms with Crippen molar-refractivity contribution in [1.29, 1.82) is 0 Å². The number of halogens is 2. The van der Waals surface area contributed by atoms with E-state index in [1.54, 1.807) is 6.07 Å². The Hall–Kier alpha value is -0.330. The van der Waals surface area contributed by atoms with E-state index in [4.69, 9.17) is 23.2 Å². The van der Waals surface area contributed by atoms with E-state index in [-0.39, 0.29) is 16.0 Å². The normalized spacial score (nSPS) is 22.0.